The summed E-state index contributed by atoms with van der Waals surface area (Å²) in [4.78, 5) is 16.2. The minimum absolute atomic E-state index is 0.263. The summed E-state index contributed by atoms with van der Waals surface area (Å²) in [5.41, 5.74) is 0. The molecule has 0 spiro atoms. The van der Waals surface area contributed by atoms with E-state index in [1.807, 2.05) is 6.07 Å². The minimum Gasteiger partial charge on any atom is -0.463 e. The van der Waals surface area contributed by atoms with E-state index < -0.39 is 5.97 Å². The van der Waals surface area contributed by atoms with E-state index in [0.29, 0.717) is 12.6 Å². The van der Waals surface area contributed by atoms with E-state index >= 15 is 0 Å². The second kappa shape index (κ2) is 10.8. The van der Waals surface area contributed by atoms with Gasteiger partial charge in [-0.1, -0.05) is 32.1 Å². The summed E-state index contributed by atoms with van der Waals surface area (Å²) in [7, 11) is 1.36. The molecule has 28 heavy (non-hydrogen) atoms. The second-order valence-corrected chi connectivity index (χ2v) is 8.25. The van der Waals surface area contributed by atoms with Crippen LogP contribution in [0.5, 0.6) is 0 Å². The predicted octanol–water partition coefficient (Wildman–Crippen LogP) is 3.56. The monoisotopic (exact) mass is 407 g/mol. The van der Waals surface area contributed by atoms with E-state index in [-0.39, 0.29) is 5.76 Å². The van der Waals surface area contributed by atoms with Crippen LogP contribution in [0.4, 0.5) is 0 Å². The summed E-state index contributed by atoms with van der Waals surface area (Å²) in [6.07, 6.45) is 10.3. The zero-order valence-electron chi connectivity index (χ0n) is 17.0. The molecular formula is C21H33N3O3S. The Balaban J connectivity index is 1.46. The summed E-state index contributed by atoms with van der Waals surface area (Å²) < 4.78 is 10.3. The van der Waals surface area contributed by atoms with Crippen LogP contribution < -0.4 is 5.32 Å². The maximum absolute atomic E-state index is 11.5. The molecule has 2 fully saturated rings. The van der Waals surface area contributed by atoms with Crippen LogP contribution in [-0.4, -0.2) is 60.2 Å². The van der Waals surface area contributed by atoms with Crippen LogP contribution in [0.25, 0.3) is 0 Å². The molecule has 7 heteroatoms. The van der Waals surface area contributed by atoms with Crippen LogP contribution in [0.1, 0.15) is 67.7 Å². The van der Waals surface area contributed by atoms with Crippen LogP contribution in [0, 0.1) is 0 Å². The number of carbonyl (C=O) groups is 1. The number of nitrogens with one attached hydrogen (secondary N) is 1. The smallest absolute Gasteiger partial charge is 0.373 e. The number of carbonyl (C=O) groups excluding carboxylic acids is 1. The van der Waals surface area contributed by atoms with Crippen LogP contribution in [0.15, 0.2) is 16.5 Å². The summed E-state index contributed by atoms with van der Waals surface area (Å²) >= 11 is 5.73. The molecule has 1 aliphatic heterocycles. The fourth-order valence-electron chi connectivity index (χ4n) is 4.09. The number of rotatable bonds is 4. The first-order valence-electron chi connectivity index (χ1n) is 10.6. The molecule has 2 aliphatic rings. The number of methoxy groups -OCH3 is 1. The van der Waals surface area contributed by atoms with Crippen molar-refractivity contribution in [3.8, 4) is 0 Å². The Kier molecular flexibility index (Phi) is 8.15. The highest BCUT2D eigenvalue weighted by atomic mass is 32.1. The van der Waals surface area contributed by atoms with Gasteiger partial charge in [0.15, 0.2) is 5.11 Å². The number of ether oxygens (including phenoxy) is 1. The molecule has 0 amide bonds. The average Bonchev–Trinajstić information content (AvgIpc) is 3.01. The third kappa shape index (κ3) is 6.21. The normalized spacial score (nSPS) is 20.1. The van der Waals surface area contributed by atoms with Crippen molar-refractivity contribution in [1.29, 1.82) is 0 Å². The number of esters is 1. The molecular weight excluding hydrogens is 374 g/mol. The van der Waals surface area contributed by atoms with Gasteiger partial charge in [-0.25, -0.2) is 4.79 Å². The predicted molar refractivity (Wildman–Crippen MR) is 113 cm³/mol. The van der Waals surface area contributed by atoms with Crippen molar-refractivity contribution in [2.24, 2.45) is 0 Å². The summed E-state index contributed by atoms with van der Waals surface area (Å²) in [6, 6.07) is 4.07. The molecule has 1 N–H and O–H groups in total. The molecule has 1 saturated carbocycles. The van der Waals surface area contributed by atoms with E-state index in [2.05, 4.69) is 15.1 Å². The van der Waals surface area contributed by atoms with E-state index in [1.165, 1.54) is 52.1 Å². The number of hydrogen-bond acceptors (Lipinski definition) is 5. The Hall–Kier alpha value is -1.60. The molecule has 1 aromatic heterocycles. The molecule has 1 aliphatic carbocycles. The van der Waals surface area contributed by atoms with Gasteiger partial charge in [0.2, 0.25) is 5.76 Å². The SMILES string of the molecule is COC(=O)c1ccc(CN2CCCN(C(=S)NC3CCCCCCC3)CC2)o1. The fraction of sp³-hybridized carbons (Fsp3) is 0.714. The van der Waals surface area contributed by atoms with Gasteiger partial charge < -0.3 is 19.4 Å². The highest BCUT2D eigenvalue weighted by molar-refractivity contribution is 7.80. The maximum Gasteiger partial charge on any atom is 0.373 e. The van der Waals surface area contributed by atoms with Crippen LogP contribution >= 0.6 is 12.2 Å². The first-order valence-corrected chi connectivity index (χ1v) is 11.0. The van der Waals surface area contributed by atoms with Crippen molar-refractivity contribution >= 4 is 23.3 Å². The van der Waals surface area contributed by atoms with Gasteiger partial charge in [-0.05, 0) is 43.6 Å². The Morgan fingerprint density at radius 3 is 2.61 bits per heavy atom. The zero-order chi connectivity index (χ0) is 19.8. The Bertz CT molecular complexity index is 641. The Morgan fingerprint density at radius 1 is 1.11 bits per heavy atom. The van der Waals surface area contributed by atoms with E-state index in [9.17, 15) is 4.79 Å². The van der Waals surface area contributed by atoms with E-state index in [4.69, 9.17) is 21.4 Å². The molecule has 1 saturated heterocycles. The molecule has 2 heterocycles. The van der Waals surface area contributed by atoms with Crippen LogP contribution in [0.3, 0.4) is 0 Å². The van der Waals surface area contributed by atoms with Crippen molar-refractivity contribution in [3.05, 3.63) is 23.7 Å². The van der Waals surface area contributed by atoms with E-state index in [0.717, 1.165) is 43.5 Å². The van der Waals surface area contributed by atoms with Gasteiger partial charge in [-0.2, -0.15) is 0 Å². The van der Waals surface area contributed by atoms with Crippen molar-refractivity contribution in [2.45, 2.75) is 64.0 Å². The number of hydrogen-bond donors (Lipinski definition) is 1. The molecule has 1 aromatic rings. The van der Waals surface area contributed by atoms with Crippen LogP contribution in [-0.2, 0) is 11.3 Å². The first-order chi connectivity index (χ1) is 13.7. The third-order valence-electron chi connectivity index (χ3n) is 5.74. The van der Waals surface area contributed by atoms with Gasteiger partial charge in [-0.3, -0.25) is 4.90 Å². The summed E-state index contributed by atoms with van der Waals surface area (Å²) in [6.45, 7) is 4.54. The molecule has 0 bridgehead atoms. The molecule has 3 rings (SSSR count). The topological polar surface area (TPSA) is 58.0 Å². The Morgan fingerprint density at radius 2 is 1.86 bits per heavy atom. The van der Waals surface area contributed by atoms with Crippen LogP contribution in [0.2, 0.25) is 0 Å². The van der Waals surface area contributed by atoms with Crippen molar-refractivity contribution in [3.63, 3.8) is 0 Å². The lowest BCUT2D eigenvalue weighted by molar-refractivity contribution is 0.0561. The van der Waals surface area contributed by atoms with Gasteiger partial charge in [0.05, 0.1) is 13.7 Å². The lowest BCUT2D eigenvalue weighted by Gasteiger charge is -2.29. The average molecular weight is 408 g/mol. The van der Waals surface area contributed by atoms with Gasteiger partial charge >= 0.3 is 5.97 Å². The minimum atomic E-state index is -0.432. The lowest BCUT2D eigenvalue weighted by Crippen LogP contribution is -2.46. The molecule has 0 unspecified atom stereocenters. The standard InChI is InChI=1S/C21H33N3O3S/c1-26-20(25)19-11-10-18(27-19)16-23-12-7-13-24(15-14-23)21(28)22-17-8-5-3-2-4-6-9-17/h10-11,17H,2-9,12-16H2,1H3,(H,22,28). The number of nitrogens with zero attached hydrogens (tertiary/aromatic N) is 2. The highest BCUT2D eigenvalue weighted by Crippen LogP contribution is 2.18. The molecule has 156 valence electrons. The van der Waals surface area contributed by atoms with Crippen molar-refractivity contribution in [1.82, 2.24) is 15.1 Å². The summed E-state index contributed by atoms with van der Waals surface area (Å²) in [5.74, 6) is 0.626. The van der Waals surface area contributed by atoms with Gasteiger partial charge in [0.25, 0.3) is 0 Å². The van der Waals surface area contributed by atoms with Crippen molar-refractivity contribution in [2.75, 3.05) is 33.3 Å². The maximum atomic E-state index is 11.5. The first kappa shape index (κ1) is 21.1. The van der Waals surface area contributed by atoms with Gasteiger partial charge in [0.1, 0.15) is 5.76 Å². The number of furan rings is 1. The van der Waals surface area contributed by atoms with Gasteiger partial charge in [-0.15, -0.1) is 0 Å². The fourth-order valence-corrected chi connectivity index (χ4v) is 4.44. The molecule has 0 radical (unpaired) electrons. The van der Waals surface area contributed by atoms with Crippen molar-refractivity contribution < 1.29 is 13.9 Å². The number of thiocarbonyl (C=S) groups is 1. The summed E-state index contributed by atoms with van der Waals surface area (Å²) in [5, 5.41) is 4.56. The molecule has 6 nitrogen and oxygen atoms in total. The Labute approximate surface area is 173 Å². The zero-order valence-corrected chi connectivity index (χ0v) is 17.8. The quantitative estimate of drug-likeness (QED) is 0.605. The molecule has 0 aromatic carbocycles. The van der Waals surface area contributed by atoms with E-state index in [1.54, 1.807) is 6.07 Å². The lowest BCUT2D eigenvalue weighted by atomic mass is 9.97. The molecule has 0 atom stereocenters. The third-order valence-corrected chi connectivity index (χ3v) is 6.11. The van der Waals surface area contributed by atoms with Gasteiger partial charge in [0, 0.05) is 32.2 Å². The largest absolute Gasteiger partial charge is 0.463 e. The highest BCUT2D eigenvalue weighted by Gasteiger charge is 2.21. The second-order valence-electron chi connectivity index (χ2n) is 7.87.